The highest BCUT2D eigenvalue weighted by atomic mass is 35.5. The van der Waals surface area contributed by atoms with Gasteiger partial charge in [0.25, 0.3) is 5.91 Å². The predicted molar refractivity (Wildman–Crippen MR) is 69.1 cm³/mol. The quantitative estimate of drug-likeness (QED) is 0.864. The molecule has 2 aromatic rings. The van der Waals surface area contributed by atoms with Crippen molar-refractivity contribution in [3.8, 4) is 0 Å². The Morgan fingerprint density at radius 3 is 2.47 bits per heavy atom. The van der Waals surface area contributed by atoms with E-state index in [1.807, 2.05) is 0 Å². The SMILES string of the molecule is O=Cc1ccc(NC(=O)c2sccc2Cl)cc1. The van der Waals surface area contributed by atoms with E-state index in [4.69, 9.17) is 11.6 Å². The van der Waals surface area contributed by atoms with E-state index in [9.17, 15) is 9.59 Å². The molecule has 0 unspecified atom stereocenters. The van der Waals surface area contributed by atoms with Crippen molar-refractivity contribution in [3.63, 3.8) is 0 Å². The molecule has 1 aromatic carbocycles. The maximum Gasteiger partial charge on any atom is 0.267 e. The van der Waals surface area contributed by atoms with Gasteiger partial charge in [0.05, 0.1) is 5.02 Å². The van der Waals surface area contributed by atoms with Gasteiger partial charge in [0.2, 0.25) is 0 Å². The predicted octanol–water partition coefficient (Wildman–Crippen LogP) is 3.47. The van der Waals surface area contributed by atoms with E-state index in [1.54, 1.807) is 35.7 Å². The summed E-state index contributed by atoms with van der Waals surface area (Å²) in [5, 5.41) is 4.91. The molecule has 5 heteroatoms. The Bertz CT molecular complexity index is 548. The van der Waals surface area contributed by atoms with Crippen molar-refractivity contribution in [1.82, 2.24) is 0 Å². The molecule has 0 fully saturated rings. The number of rotatable bonds is 3. The first kappa shape index (κ1) is 11.8. The molecule has 2 rings (SSSR count). The molecule has 17 heavy (non-hydrogen) atoms. The standard InChI is InChI=1S/C12H8ClNO2S/c13-10-5-6-17-11(10)12(16)14-9-3-1-8(7-15)2-4-9/h1-7H,(H,14,16). The topological polar surface area (TPSA) is 46.2 Å². The maximum atomic E-state index is 11.8. The van der Waals surface area contributed by atoms with Gasteiger partial charge < -0.3 is 5.32 Å². The van der Waals surface area contributed by atoms with Gasteiger partial charge in [0.15, 0.2) is 0 Å². The van der Waals surface area contributed by atoms with Crippen molar-refractivity contribution in [3.05, 3.63) is 51.2 Å². The zero-order valence-electron chi connectivity index (χ0n) is 8.64. The van der Waals surface area contributed by atoms with Crippen LogP contribution >= 0.6 is 22.9 Å². The summed E-state index contributed by atoms with van der Waals surface area (Å²) in [7, 11) is 0. The summed E-state index contributed by atoms with van der Waals surface area (Å²) >= 11 is 7.14. The summed E-state index contributed by atoms with van der Waals surface area (Å²) in [6, 6.07) is 8.29. The van der Waals surface area contributed by atoms with Crippen LogP contribution in [0.2, 0.25) is 5.02 Å². The second-order valence-electron chi connectivity index (χ2n) is 3.29. The first-order valence-corrected chi connectivity index (χ1v) is 6.06. The van der Waals surface area contributed by atoms with Crippen molar-refractivity contribution in [2.75, 3.05) is 5.32 Å². The normalized spacial score (nSPS) is 9.94. The summed E-state index contributed by atoms with van der Waals surface area (Å²) in [5.41, 5.74) is 1.20. The Morgan fingerprint density at radius 1 is 1.24 bits per heavy atom. The van der Waals surface area contributed by atoms with Crippen LogP contribution < -0.4 is 5.32 Å². The highest BCUT2D eigenvalue weighted by Gasteiger charge is 2.11. The van der Waals surface area contributed by atoms with Crippen molar-refractivity contribution in [2.45, 2.75) is 0 Å². The lowest BCUT2D eigenvalue weighted by atomic mass is 10.2. The fourth-order valence-electron chi connectivity index (χ4n) is 1.29. The largest absolute Gasteiger partial charge is 0.321 e. The molecule has 0 aliphatic heterocycles. The minimum atomic E-state index is -0.246. The molecular weight excluding hydrogens is 258 g/mol. The lowest BCUT2D eigenvalue weighted by Gasteiger charge is -2.03. The van der Waals surface area contributed by atoms with Crippen LogP contribution in [0.4, 0.5) is 5.69 Å². The number of halogens is 1. The van der Waals surface area contributed by atoms with E-state index in [0.29, 0.717) is 21.2 Å². The molecule has 0 bridgehead atoms. The third-order valence-electron chi connectivity index (χ3n) is 2.13. The Labute approximate surface area is 107 Å². The summed E-state index contributed by atoms with van der Waals surface area (Å²) < 4.78 is 0. The van der Waals surface area contributed by atoms with Gasteiger partial charge in [-0.3, -0.25) is 9.59 Å². The average Bonchev–Trinajstić information content (AvgIpc) is 2.76. The zero-order chi connectivity index (χ0) is 12.3. The maximum absolute atomic E-state index is 11.8. The van der Waals surface area contributed by atoms with Gasteiger partial charge in [0, 0.05) is 11.3 Å². The van der Waals surface area contributed by atoms with Crippen LogP contribution in [0, 0.1) is 0 Å². The second-order valence-corrected chi connectivity index (χ2v) is 4.61. The number of aldehydes is 1. The number of benzene rings is 1. The van der Waals surface area contributed by atoms with Crippen LogP contribution in [0.25, 0.3) is 0 Å². The third kappa shape index (κ3) is 2.72. The molecule has 0 atom stereocenters. The fourth-order valence-corrected chi connectivity index (χ4v) is 2.32. The highest BCUT2D eigenvalue weighted by Crippen LogP contribution is 2.23. The first-order chi connectivity index (χ1) is 8.20. The molecule has 0 spiro atoms. The zero-order valence-corrected chi connectivity index (χ0v) is 10.2. The van der Waals surface area contributed by atoms with E-state index in [-0.39, 0.29) is 5.91 Å². The van der Waals surface area contributed by atoms with Crippen LogP contribution in [0.15, 0.2) is 35.7 Å². The number of amides is 1. The minimum absolute atomic E-state index is 0.246. The molecule has 1 amide bonds. The van der Waals surface area contributed by atoms with Gasteiger partial charge in [-0.05, 0) is 35.7 Å². The Balaban J connectivity index is 2.13. The van der Waals surface area contributed by atoms with Crippen LogP contribution in [0.3, 0.4) is 0 Å². The van der Waals surface area contributed by atoms with Gasteiger partial charge >= 0.3 is 0 Å². The van der Waals surface area contributed by atoms with Crippen molar-refractivity contribution in [1.29, 1.82) is 0 Å². The Hall–Kier alpha value is -1.65. The van der Waals surface area contributed by atoms with E-state index in [2.05, 4.69) is 5.32 Å². The molecular formula is C12H8ClNO2S. The fraction of sp³-hybridized carbons (Fsp3) is 0. The van der Waals surface area contributed by atoms with Gasteiger partial charge in [-0.1, -0.05) is 11.6 Å². The average molecular weight is 266 g/mol. The smallest absolute Gasteiger partial charge is 0.267 e. The summed E-state index contributed by atoms with van der Waals surface area (Å²) in [6.45, 7) is 0. The molecule has 0 aliphatic carbocycles. The molecule has 0 aliphatic rings. The van der Waals surface area contributed by atoms with Gasteiger partial charge in [0.1, 0.15) is 11.2 Å². The van der Waals surface area contributed by atoms with Gasteiger partial charge in [-0.25, -0.2) is 0 Å². The number of carbonyl (C=O) groups is 2. The van der Waals surface area contributed by atoms with Crippen molar-refractivity contribution >= 4 is 40.8 Å². The number of thiophene rings is 1. The van der Waals surface area contributed by atoms with E-state index in [0.717, 1.165) is 6.29 Å². The molecule has 1 aromatic heterocycles. The number of nitrogens with one attached hydrogen (secondary N) is 1. The van der Waals surface area contributed by atoms with Crippen molar-refractivity contribution < 1.29 is 9.59 Å². The van der Waals surface area contributed by atoms with Crippen LogP contribution in [-0.2, 0) is 0 Å². The number of carbonyl (C=O) groups excluding carboxylic acids is 2. The molecule has 0 saturated carbocycles. The minimum Gasteiger partial charge on any atom is -0.321 e. The van der Waals surface area contributed by atoms with Crippen molar-refractivity contribution in [2.24, 2.45) is 0 Å². The molecule has 3 nitrogen and oxygen atoms in total. The second kappa shape index (κ2) is 5.12. The molecule has 0 saturated heterocycles. The summed E-state index contributed by atoms with van der Waals surface area (Å²) in [4.78, 5) is 22.7. The van der Waals surface area contributed by atoms with Crippen LogP contribution in [0.5, 0.6) is 0 Å². The van der Waals surface area contributed by atoms with Gasteiger partial charge in [-0.15, -0.1) is 11.3 Å². The monoisotopic (exact) mass is 265 g/mol. The van der Waals surface area contributed by atoms with Crippen LogP contribution in [0.1, 0.15) is 20.0 Å². The summed E-state index contributed by atoms with van der Waals surface area (Å²) in [6.07, 6.45) is 0.752. The van der Waals surface area contributed by atoms with E-state index >= 15 is 0 Å². The molecule has 86 valence electrons. The molecule has 1 heterocycles. The Kier molecular flexibility index (Phi) is 3.56. The molecule has 1 N–H and O–H groups in total. The number of anilines is 1. The first-order valence-electron chi connectivity index (χ1n) is 4.80. The number of hydrogen-bond donors (Lipinski definition) is 1. The number of hydrogen-bond acceptors (Lipinski definition) is 3. The van der Waals surface area contributed by atoms with Gasteiger partial charge in [-0.2, -0.15) is 0 Å². The lowest BCUT2D eigenvalue weighted by Crippen LogP contribution is -2.10. The third-order valence-corrected chi connectivity index (χ3v) is 3.47. The Morgan fingerprint density at radius 2 is 1.94 bits per heavy atom. The summed E-state index contributed by atoms with van der Waals surface area (Å²) in [5.74, 6) is -0.246. The van der Waals surface area contributed by atoms with Crippen LogP contribution in [-0.4, -0.2) is 12.2 Å². The molecule has 0 radical (unpaired) electrons. The highest BCUT2D eigenvalue weighted by molar-refractivity contribution is 7.12. The van der Waals surface area contributed by atoms with E-state index < -0.39 is 0 Å². The lowest BCUT2D eigenvalue weighted by molar-refractivity contribution is 0.103. The van der Waals surface area contributed by atoms with E-state index in [1.165, 1.54) is 11.3 Å².